The van der Waals surface area contributed by atoms with Crippen LogP contribution in [0.2, 0.25) is 0 Å². The summed E-state index contributed by atoms with van der Waals surface area (Å²) in [6.07, 6.45) is 6.58. The maximum Gasteiger partial charge on any atom is 0.136 e. The van der Waals surface area contributed by atoms with Crippen molar-refractivity contribution in [1.29, 1.82) is 5.41 Å². The van der Waals surface area contributed by atoms with Gasteiger partial charge in [0.1, 0.15) is 11.3 Å². The Labute approximate surface area is 124 Å². The lowest BCUT2D eigenvalue weighted by atomic mass is 9.68. The maximum atomic E-state index is 8.81. The first-order valence-electron chi connectivity index (χ1n) is 8.27. The molecule has 2 saturated carbocycles. The summed E-state index contributed by atoms with van der Waals surface area (Å²) in [5.74, 6) is 3.55. The Bertz CT molecular complexity index is 790. The van der Waals surface area contributed by atoms with Gasteiger partial charge in [0.15, 0.2) is 0 Å². The maximum absolute atomic E-state index is 8.81. The predicted octanol–water partition coefficient (Wildman–Crippen LogP) is 3.67. The number of benzene rings is 1. The molecule has 2 unspecified atom stereocenters. The summed E-state index contributed by atoms with van der Waals surface area (Å²) in [5, 5.41) is 9.87. The minimum absolute atomic E-state index is 0.528. The molecule has 0 saturated heterocycles. The van der Waals surface area contributed by atoms with Crippen LogP contribution in [0.5, 0.6) is 0 Å². The highest BCUT2D eigenvalue weighted by Gasteiger charge is 2.43. The van der Waals surface area contributed by atoms with Crippen LogP contribution in [0.15, 0.2) is 18.2 Å². The van der Waals surface area contributed by atoms with Crippen LogP contribution in [0.4, 0.5) is 0 Å². The van der Waals surface area contributed by atoms with Crippen LogP contribution in [0, 0.1) is 24.2 Å². The second-order valence-electron chi connectivity index (χ2n) is 7.42. The van der Waals surface area contributed by atoms with Crippen molar-refractivity contribution < 1.29 is 0 Å². The molecule has 1 aromatic heterocycles. The summed E-state index contributed by atoms with van der Waals surface area (Å²) in [6.45, 7) is 2.11. The fourth-order valence-corrected chi connectivity index (χ4v) is 5.36. The molecule has 3 nitrogen and oxygen atoms in total. The number of nitrogens with one attached hydrogen (secondary N) is 1. The second kappa shape index (κ2) is 3.96. The first-order chi connectivity index (χ1) is 10.2. The standard InChI is InChI=1S/C18H21N3/c1-10-3-2-4-15-16(10)17(19)21-14-8-11-5-12(9-14)7-13(6-11)18(21)20-15/h2-4,11-14,19H,5-9H2,1H3. The highest BCUT2D eigenvalue weighted by molar-refractivity contribution is 5.80. The molecule has 3 heterocycles. The lowest BCUT2D eigenvalue weighted by Gasteiger charge is -2.37. The SMILES string of the molecule is Cc1cccc2nc3n(c(=N)c12)C1CC2CC(CC3C2)C1. The largest absolute Gasteiger partial charge is 0.311 e. The van der Waals surface area contributed by atoms with Crippen molar-refractivity contribution in [3.8, 4) is 0 Å². The normalized spacial score (nSPS) is 33.2. The minimum atomic E-state index is 0.528. The molecule has 108 valence electrons. The molecule has 2 fully saturated rings. The summed E-state index contributed by atoms with van der Waals surface area (Å²) in [5.41, 5.74) is 2.92. The van der Waals surface area contributed by atoms with Crippen LogP contribution in [-0.2, 0) is 0 Å². The van der Waals surface area contributed by atoms with E-state index in [1.165, 1.54) is 43.5 Å². The molecular formula is C18H21N3. The van der Waals surface area contributed by atoms with E-state index in [1.807, 2.05) is 0 Å². The van der Waals surface area contributed by atoms with Crippen LogP contribution in [0.25, 0.3) is 10.9 Å². The van der Waals surface area contributed by atoms with Gasteiger partial charge in [-0.15, -0.1) is 0 Å². The van der Waals surface area contributed by atoms with Crippen molar-refractivity contribution >= 4 is 10.9 Å². The Morgan fingerprint density at radius 1 is 1.10 bits per heavy atom. The molecule has 3 heteroatoms. The fourth-order valence-electron chi connectivity index (χ4n) is 5.36. The predicted molar refractivity (Wildman–Crippen MR) is 82.2 cm³/mol. The highest BCUT2D eigenvalue weighted by atomic mass is 15.1. The van der Waals surface area contributed by atoms with E-state index < -0.39 is 0 Å². The van der Waals surface area contributed by atoms with E-state index >= 15 is 0 Å². The Hall–Kier alpha value is -1.64. The quantitative estimate of drug-likeness (QED) is 0.785. The zero-order valence-corrected chi connectivity index (χ0v) is 12.5. The van der Waals surface area contributed by atoms with E-state index in [2.05, 4.69) is 29.7 Å². The van der Waals surface area contributed by atoms with Crippen molar-refractivity contribution in [2.45, 2.75) is 51.0 Å². The summed E-state index contributed by atoms with van der Waals surface area (Å²) < 4.78 is 2.32. The number of nitrogens with zero attached hydrogens (tertiary/aromatic N) is 2. The van der Waals surface area contributed by atoms with Gasteiger partial charge in [-0.25, -0.2) is 4.98 Å². The molecule has 0 radical (unpaired) electrons. The fraction of sp³-hybridized carbons (Fsp3) is 0.556. The van der Waals surface area contributed by atoms with E-state index in [0.29, 0.717) is 17.4 Å². The lowest BCUT2D eigenvalue weighted by molar-refractivity contribution is 0.150. The lowest BCUT2D eigenvalue weighted by Crippen LogP contribution is -2.31. The Morgan fingerprint density at radius 2 is 1.86 bits per heavy atom. The van der Waals surface area contributed by atoms with Crippen molar-refractivity contribution in [1.82, 2.24) is 9.55 Å². The van der Waals surface area contributed by atoms with Gasteiger partial charge in [0.2, 0.25) is 0 Å². The second-order valence-corrected chi connectivity index (χ2v) is 7.42. The highest BCUT2D eigenvalue weighted by Crippen LogP contribution is 2.52. The molecular weight excluding hydrogens is 258 g/mol. The van der Waals surface area contributed by atoms with E-state index in [4.69, 9.17) is 10.4 Å². The third-order valence-corrected chi connectivity index (χ3v) is 6.05. The van der Waals surface area contributed by atoms with Crippen LogP contribution in [0.3, 0.4) is 0 Å². The number of hydrogen-bond acceptors (Lipinski definition) is 2. The molecule has 1 aromatic carbocycles. The van der Waals surface area contributed by atoms with Crippen LogP contribution >= 0.6 is 0 Å². The van der Waals surface area contributed by atoms with Crippen molar-refractivity contribution in [2.75, 3.05) is 0 Å². The first kappa shape index (κ1) is 12.0. The summed E-state index contributed by atoms with van der Waals surface area (Å²) in [6, 6.07) is 6.79. The molecule has 0 spiro atoms. The third-order valence-electron chi connectivity index (χ3n) is 6.05. The van der Waals surface area contributed by atoms with Crippen LogP contribution in [-0.4, -0.2) is 9.55 Å². The van der Waals surface area contributed by atoms with E-state index in [-0.39, 0.29) is 0 Å². The monoisotopic (exact) mass is 279 g/mol. The number of fused-ring (bicyclic) bond motifs is 1. The zero-order valence-electron chi connectivity index (χ0n) is 12.5. The summed E-state index contributed by atoms with van der Waals surface area (Å²) in [4.78, 5) is 5.04. The van der Waals surface area contributed by atoms with E-state index in [0.717, 1.165) is 22.7 Å². The Morgan fingerprint density at radius 3 is 2.62 bits per heavy atom. The number of rotatable bonds is 0. The van der Waals surface area contributed by atoms with Gasteiger partial charge in [-0.2, -0.15) is 0 Å². The van der Waals surface area contributed by atoms with Gasteiger partial charge in [0.25, 0.3) is 0 Å². The molecule has 2 aromatic rings. The zero-order chi connectivity index (χ0) is 14.1. The van der Waals surface area contributed by atoms with Gasteiger partial charge in [-0.05, 0) is 62.5 Å². The summed E-state index contributed by atoms with van der Waals surface area (Å²) >= 11 is 0. The molecule has 21 heavy (non-hydrogen) atoms. The number of aryl methyl sites for hydroxylation is 1. The summed E-state index contributed by atoms with van der Waals surface area (Å²) in [7, 11) is 0. The average molecular weight is 279 g/mol. The molecule has 2 atom stereocenters. The van der Waals surface area contributed by atoms with Crippen LogP contribution in [0.1, 0.15) is 55.5 Å². The smallest absolute Gasteiger partial charge is 0.136 e. The van der Waals surface area contributed by atoms with Gasteiger partial charge < -0.3 is 4.57 Å². The molecule has 2 aliphatic carbocycles. The van der Waals surface area contributed by atoms with Crippen molar-refractivity contribution in [3.63, 3.8) is 0 Å². The van der Waals surface area contributed by atoms with Gasteiger partial charge in [-0.3, -0.25) is 5.41 Å². The first-order valence-corrected chi connectivity index (χ1v) is 8.27. The molecule has 1 N–H and O–H groups in total. The van der Waals surface area contributed by atoms with E-state index in [1.54, 1.807) is 0 Å². The van der Waals surface area contributed by atoms with Gasteiger partial charge in [0.05, 0.1) is 5.52 Å². The van der Waals surface area contributed by atoms with E-state index in [9.17, 15) is 0 Å². The molecule has 4 aliphatic rings. The molecule has 6 rings (SSSR count). The van der Waals surface area contributed by atoms with Crippen molar-refractivity contribution in [3.05, 3.63) is 35.1 Å². The number of hydrogen-bond donors (Lipinski definition) is 1. The molecule has 2 aliphatic heterocycles. The Balaban J connectivity index is 1.88. The van der Waals surface area contributed by atoms with Gasteiger partial charge in [-0.1, -0.05) is 12.1 Å². The Kier molecular flexibility index (Phi) is 2.26. The topological polar surface area (TPSA) is 41.7 Å². The third kappa shape index (κ3) is 1.55. The molecule has 4 bridgehead atoms. The van der Waals surface area contributed by atoms with Crippen molar-refractivity contribution in [2.24, 2.45) is 11.8 Å². The average Bonchev–Trinajstić information content (AvgIpc) is 2.61. The molecule has 0 amide bonds. The number of aromatic nitrogens is 2. The van der Waals surface area contributed by atoms with Gasteiger partial charge >= 0.3 is 0 Å². The minimum Gasteiger partial charge on any atom is -0.311 e. The van der Waals surface area contributed by atoms with Crippen LogP contribution < -0.4 is 5.49 Å². The van der Waals surface area contributed by atoms with Gasteiger partial charge in [0, 0.05) is 17.3 Å².